The van der Waals surface area contributed by atoms with E-state index in [0.717, 1.165) is 28.2 Å². The highest BCUT2D eigenvalue weighted by Crippen LogP contribution is 2.29. The Morgan fingerprint density at radius 1 is 1.08 bits per heavy atom. The van der Waals surface area contributed by atoms with Crippen molar-refractivity contribution in [3.63, 3.8) is 0 Å². The Hall–Kier alpha value is -2.33. The highest BCUT2D eigenvalue weighted by atomic mass is 16.5. The summed E-state index contributed by atoms with van der Waals surface area (Å²) in [6, 6.07) is 12.4. The maximum absolute atomic E-state index is 6.31. The van der Waals surface area contributed by atoms with Crippen LogP contribution in [0.3, 0.4) is 0 Å². The van der Waals surface area contributed by atoms with Gasteiger partial charge in [-0.15, -0.1) is 0 Å². The molecular formula is C20H25N3O. The van der Waals surface area contributed by atoms with E-state index in [1.54, 1.807) is 7.11 Å². The van der Waals surface area contributed by atoms with E-state index in [2.05, 4.69) is 30.5 Å². The van der Waals surface area contributed by atoms with Crippen LogP contribution >= 0.6 is 0 Å². The monoisotopic (exact) mass is 323 g/mol. The molecule has 0 fully saturated rings. The van der Waals surface area contributed by atoms with Crippen molar-refractivity contribution in [3.8, 4) is 17.1 Å². The molecule has 0 radical (unpaired) electrons. The van der Waals surface area contributed by atoms with Gasteiger partial charge in [-0.1, -0.05) is 0 Å². The van der Waals surface area contributed by atoms with E-state index in [9.17, 15) is 0 Å². The largest absolute Gasteiger partial charge is 0.497 e. The minimum atomic E-state index is -0.326. The molecule has 0 amide bonds. The van der Waals surface area contributed by atoms with Crippen LogP contribution < -0.4 is 10.5 Å². The highest BCUT2D eigenvalue weighted by molar-refractivity contribution is 5.82. The van der Waals surface area contributed by atoms with E-state index in [-0.39, 0.29) is 5.54 Å². The number of ether oxygens (including phenoxy) is 1. The van der Waals surface area contributed by atoms with Gasteiger partial charge in [-0.3, -0.25) is 0 Å². The molecule has 3 aromatic rings. The van der Waals surface area contributed by atoms with E-state index >= 15 is 0 Å². The number of aromatic nitrogens is 2. The molecule has 1 heterocycles. The molecule has 4 heteroatoms. The zero-order valence-corrected chi connectivity index (χ0v) is 15.1. The third kappa shape index (κ3) is 3.15. The van der Waals surface area contributed by atoms with E-state index in [1.807, 2.05) is 38.1 Å². The number of hydrogen-bond donors (Lipinski definition) is 1. The quantitative estimate of drug-likeness (QED) is 0.787. The van der Waals surface area contributed by atoms with E-state index < -0.39 is 0 Å². The first-order valence-corrected chi connectivity index (χ1v) is 8.19. The van der Waals surface area contributed by atoms with Crippen LogP contribution in [0.1, 0.15) is 25.0 Å². The molecular weight excluding hydrogens is 298 g/mol. The molecule has 0 atom stereocenters. The Kier molecular flexibility index (Phi) is 4.10. The van der Waals surface area contributed by atoms with Crippen LogP contribution in [0.15, 0.2) is 36.4 Å². The highest BCUT2D eigenvalue weighted by Gasteiger charge is 2.19. The third-order valence-electron chi connectivity index (χ3n) is 4.28. The second-order valence-corrected chi connectivity index (χ2v) is 7.16. The molecule has 3 rings (SSSR count). The van der Waals surface area contributed by atoms with Crippen molar-refractivity contribution in [2.75, 3.05) is 7.11 Å². The second-order valence-electron chi connectivity index (χ2n) is 7.16. The standard InChI is InChI=1S/C20H25N3O/c1-13-10-17-18(11-14(13)2)23(12-20(3,4)21)19(22-17)15-6-8-16(24-5)9-7-15/h6-11H,12,21H2,1-5H3. The summed E-state index contributed by atoms with van der Waals surface area (Å²) in [7, 11) is 1.67. The van der Waals surface area contributed by atoms with Gasteiger partial charge >= 0.3 is 0 Å². The van der Waals surface area contributed by atoms with Crippen LogP contribution in [-0.4, -0.2) is 22.2 Å². The van der Waals surface area contributed by atoms with Crippen LogP contribution in [0.2, 0.25) is 0 Å². The first-order valence-electron chi connectivity index (χ1n) is 8.19. The summed E-state index contributed by atoms with van der Waals surface area (Å²) in [4.78, 5) is 4.89. The molecule has 2 aromatic carbocycles. The Labute approximate surface area is 143 Å². The van der Waals surface area contributed by atoms with Crippen LogP contribution in [0.4, 0.5) is 0 Å². The summed E-state index contributed by atoms with van der Waals surface area (Å²) >= 11 is 0. The first-order chi connectivity index (χ1) is 11.3. The first kappa shape index (κ1) is 16.5. The molecule has 0 spiro atoms. The Morgan fingerprint density at radius 2 is 1.71 bits per heavy atom. The van der Waals surface area contributed by atoms with Crippen molar-refractivity contribution in [2.45, 2.75) is 39.8 Å². The summed E-state index contributed by atoms with van der Waals surface area (Å²) in [5.41, 5.74) is 11.7. The number of hydrogen-bond acceptors (Lipinski definition) is 3. The number of fused-ring (bicyclic) bond motifs is 1. The van der Waals surface area contributed by atoms with Crippen LogP contribution in [-0.2, 0) is 6.54 Å². The van der Waals surface area contributed by atoms with Gasteiger partial charge in [0, 0.05) is 17.6 Å². The smallest absolute Gasteiger partial charge is 0.141 e. The molecule has 126 valence electrons. The number of imidazole rings is 1. The van der Waals surface area contributed by atoms with Crippen molar-refractivity contribution in [2.24, 2.45) is 5.73 Å². The lowest BCUT2D eigenvalue weighted by Gasteiger charge is -2.21. The van der Waals surface area contributed by atoms with E-state index in [0.29, 0.717) is 6.54 Å². The second kappa shape index (κ2) is 5.95. The van der Waals surface area contributed by atoms with Gasteiger partial charge in [0.1, 0.15) is 11.6 Å². The molecule has 24 heavy (non-hydrogen) atoms. The molecule has 0 saturated carbocycles. The van der Waals surface area contributed by atoms with Gasteiger partial charge in [0.2, 0.25) is 0 Å². The van der Waals surface area contributed by atoms with Crippen molar-refractivity contribution in [1.82, 2.24) is 9.55 Å². The fraction of sp³-hybridized carbons (Fsp3) is 0.350. The van der Waals surface area contributed by atoms with Crippen LogP contribution in [0.25, 0.3) is 22.4 Å². The summed E-state index contributed by atoms with van der Waals surface area (Å²) in [5.74, 6) is 1.78. The van der Waals surface area contributed by atoms with Crippen LogP contribution in [0, 0.1) is 13.8 Å². The van der Waals surface area contributed by atoms with Crippen molar-refractivity contribution in [1.29, 1.82) is 0 Å². The molecule has 0 unspecified atom stereocenters. The lowest BCUT2D eigenvalue weighted by molar-refractivity contribution is 0.415. The summed E-state index contributed by atoms with van der Waals surface area (Å²) < 4.78 is 7.48. The molecule has 4 nitrogen and oxygen atoms in total. The average molecular weight is 323 g/mol. The van der Waals surface area contributed by atoms with Crippen molar-refractivity contribution >= 4 is 11.0 Å². The number of nitrogens with two attached hydrogens (primary N) is 1. The molecule has 1 aromatic heterocycles. The third-order valence-corrected chi connectivity index (χ3v) is 4.28. The molecule has 0 aliphatic rings. The topological polar surface area (TPSA) is 53.1 Å². The number of methoxy groups -OCH3 is 1. The SMILES string of the molecule is COc1ccc(-c2nc3cc(C)c(C)cc3n2CC(C)(C)N)cc1. The fourth-order valence-electron chi connectivity index (χ4n) is 2.91. The maximum Gasteiger partial charge on any atom is 0.141 e. The van der Waals surface area contributed by atoms with Gasteiger partial charge in [0.25, 0.3) is 0 Å². The number of aryl methyl sites for hydroxylation is 2. The Bertz CT molecular complexity index is 871. The summed E-state index contributed by atoms with van der Waals surface area (Å²) in [6.45, 7) is 9.03. The number of benzene rings is 2. The molecule has 0 bridgehead atoms. The predicted octanol–water partition coefficient (Wildman–Crippen LogP) is 4.07. The molecule has 0 aliphatic heterocycles. The minimum Gasteiger partial charge on any atom is -0.497 e. The van der Waals surface area contributed by atoms with Gasteiger partial charge in [-0.2, -0.15) is 0 Å². The van der Waals surface area contributed by atoms with Gasteiger partial charge < -0.3 is 15.0 Å². The molecule has 2 N–H and O–H groups in total. The average Bonchev–Trinajstić information content (AvgIpc) is 2.84. The normalized spacial score (nSPS) is 11.9. The maximum atomic E-state index is 6.31. The van der Waals surface area contributed by atoms with Gasteiger partial charge in [-0.25, -0.2) is 4.98 Å². The molecule has 0 saturated heterocycles. The number of nitrogens with zero attached hydrogens (tertiary/aromatic N) is 2. The Morgan fingerprint density at radius 3 is 2.29 bits per heavy atom. The van der Waals surface area contributed by atoms with Crippen molar-refractivity contribution in [3.05, 3.63) is 47.5 Å². The zero-order chi connectivity index (χ0) is 17.5. The van der Waals surface area contributed by atoms with Gasteiger partial charge in [0.15, 0.2) is 0 Å². The fourth-order valence-corrected chi connectivity index (χ4v) is 2.91. The summed E-state index contributed by atoms with van der Waals surface area (Å²) in [6.07, 6.45) is 0. The Balaban J connectivity index is 2.22. The van der Waals surface area contributed by atoms with E-state index in [4.69, 9.17) is 15.5 Å². The predicted molar refractivity (Wildman–Crippen MR) is 99.5 cm³/mol. The van der Waals surface area contributed by atoms with Crippen LogP contribution in [0.5, 0.6) is 5.75 Å². The van der Waals surface area contributed by atoms with Gasteiger partial charge in [-0.05, 0) is 75.2 Å². The van der Waals surface area contributed by atoms with Gasteiger partial charge in [0.05, 0.1) is 18.1 Å². The van der Waals surface area contributed by atoms with E-state index in [1.165, 1.54) is 11.1 Å². The summed E-state index contributed by atoms with van der Waals surface area (Å²) in [5, 5.41) is 0. The lowest BCUT2D eigenvalue weighted by Crippen LogP contribution is -2.37. The zero-order valence-electron chi connectivity index (χ0n) is 15.1. The molecule has 0 aliphatic carbocycles. The number of rotatable bonds is 4. The van der Waals surface area contributed by atoms with Crippen molar-refractivity contribution < 1.29 is 4.74 Å². The lowest BCUT2D eigenvalue weighted by atomic mass is 10.1. The minimum absolute atomic E-state index is 0.326.